The van der Waals surface area contributed by atoms with Crippen LogP contribution in [0.5, 0.6) is 0 Å². The number of hydrogen-bond donors (Lipinski definition) is 1. The first kappa shape index (κ1) is 19.1. The van der Waals surface area contributed by atoms with Crippen molar-refractivity contribution in [1.82, 2.24) is 10.2 Å². The Balaban J connectivity index is 1.33. The van der Waals surface area contributed by atoms with Crippen LogP contribution < -0.4 is 5.32 Å². The normalized spacial score (nSPS) is 37.2. The zero-order valence-electron chi connectivity index (χ0n) is 18.2. The number of fused-ring (bicyclic) bond motifs is 5. The van der Waals surface area contributed by atoms with E-state index in [2.05, 4.69) is 70.9 Å². The second-order valence-electron chi connectivity index (χ2n) is 10.7. The summed E-state index contributed by atoms with van der Waals surface area (Å²) < 4.78 is 0. The second kappa shape index (κ2) is 7.80. The van der Waals surface area contributed by atoms with Gasteiger partial charge in [0.1, 0.15) is 0 Å². The predicted octanol–water partition coefficient (Wildman–Crippen LogP) is 5.45. The van der Waals surface area contributed by atoms with Crippen molar-refractivity contribution in [2.45, 2.75) is 62.9 Å². The van der Waals surface area contributed by atoms with E-state index in [9.17, 15) is 0 Å². The molecule has 0 amide bonds. The molecule has 2 aromatic carbocycles. The molecule has 1 N–H and O–H groups in total. The lowest BCUT2D eigenvalue weighted by Gasteiger charge is -2.54. The lowest BCUT2D eigenvalue weighted by atomic mass is 9.70. The summed E-state index contributed by atoms with van der Waals surface area (Å²) in [4.78, 5) is 2.83. The highest BCUT2D eigenvalue weighted by atomic mass is 15.2. The molecule has 2 nitrogen and oxygen atoms in total. The van der Waals surface area contributed by atoms with Crippen molar-refractivity contribution in [3.63, 3.8) is 0 Å². The van der Waals surface area contributed by atoms with Crippen molar-refractivity contribution >= 4 is 0 Å². The topological polar surface area (TPSA) is 15.3 Å². The maximum absolute atomic E-state index is 4.24. The van der Waals surface area contributed by atoms with Gasteiger partial charge in [0.25, 0.3) is 0 Å². The molecule has 3 heterocycles. The molecule has 2 atom stereocenters. The Hall–Kier alpha value is -1.64. The SMILES string of the molecule is c1ccc(C(c2ccccc2)C2C(NCC34CCC(CC3)C4)C3CCN2CC3)cc1. The molecular formula is C28H36N2. The van der Waals surface area contributed by atoms with Crippen molar-refractivity contribution in [1.29, 1.82) is 0 Å². The molecule has 5 aliphatic rings. The van der Waals surface area contributed by atoms with Gasteiger partial charge >= 0.3 is 0 Å². The highest BCUT2D eigenvalue weighted by molar-refractivity contribution is 5.36. The molecule has 2 aromatic rings. The first-order chi connectivity index (χ1) is 14.8. The van der Waals surface area contributed by atoms with Crippen molar-refractivity contribution in [3.05, 3.63) is 71.8 Å². The third-order valence-electron chi connectivity index (χ3n) is 9.13. The second-order valence-corrected chi connectivity index (χ2v) is 10.7. The minimum atomic E-state index is 0.449. The third-order valence-corrected chi connectivity index (χ3v) is 9.13. The molecule has 7 rings (SSSR count). The molecule has 158 valence electrons. The summed E-state index contributed by atoms with van der Waals surface area (Å²) in [6, 6.07) is 23.8. The first-order valence-electron chi connectivity index (χ1n) is 12.4. The van der Waals surface area contributed by atoms with Gasteiger partial charge in [-0.1, -0.05) is 60.7 Å². The fourth-order valence-electron chi connectivity index (χ4n) is 7.59. The Morgan fingerprint density at radius 2 is 1.43 bits per heavy atom. The monoisotopic (exact) mass is 400 g/mol. The number of benzene rings is 2. The first-order valence-corrected chi connectivity index (χ1v) is 12.4. The smallest absolute Gasteiger partial charge is 0.0361 e. The number of nitrogens with zero attached hydrogens (tertiary/aromatic N) is 1. The van der Waals surface area contributed by atoms with E-state index in [1.807, 2.05) is 0 Å². The number of hydrogen-bond acceptors (Lipinski definition) is 2. The van der Waals surface area contributed by atoms with Gasteiger partial charge in [-0.05, 0) is 86.4 Å². The van der Waals surface area contributed by atoms with Gasteiger partial charge in [-0.25, -0.2) is 0 Å². The molecule has 5 fully saturated rings. The number of nitrogens with one attached hydrogen (secondary N) is 1. The molecule has 4 bridgehead atoms. The van der Waals surface area contributed by atoms with E-state index >= 15 is 0 Å². The highest BCUT2D eigenvalue weighted by Gasteiger charge is 2.49. The van der Waals surface area contributed by atoms with Crippen LogP contribution >= 0.6 is 0 Å². The Bertz CT molecular complexity index is 792. The molecule has 3 saturated heterocycles. The van der Waals surface area contributed by atoms with Crippen molar-refractivity contribution in [3.8, 4) is 0 Å². The van der Waals surface area contributed by atoms with E-state index in [-0.39, 0.29) is 0 Å². The van der Waals surface area contributed by atoms with Crippen LogP contribution in [0.2, 0.25) is 0 Å². The highest BCUT2D eigenvalue weighted by Crippen LogP contribution is 2.54. The number of rotatable bonds is 6. The van der Waals surface area contributed by atoms with Crippen molar-refractivity contribution in [2.24, 2.45) is 17.3 Å². The van der Waals surface area contributed by atoms with Gasteiger partial charge in [0, 0.05) is 24.5 Å². The maximum atomic E-state index is 4.24. The van der Waals surface area contributed by atoms with Gasteiger partial charge in [0.2, 0.25) is 0 Å². The van der Waals surface area contributed by atoms with Gasteiger partial charge < -0.3 is 5.32 Å². The summed E-state index contributed by atoms with van der Waals surface area (Å²) in [5.41, 5.74) is 3.58. The summed E-state index contributed by atoms with van der Waals surface area (Å²) in [6.45, 7) is 3.80. The van der Waals surface area contributed by atoms with Crippen LogP contribution in [0.15, 0.2) is 60.7 Å². The molecule has 2 saturated carbocycles. The third kappa shape index (κ3) is 3.33. The predicted molar refractivity (Wildman–Crippen MR) is 124 cm³/mol. The maximum Gasteiger partial charge on any atom is 0.0361 e. The van der Waals surface area contributed by atoms with Gasteiger partial charge in [0.15, 0.2) is 0 Å². The largest absolute Gasteiger partial charge is 0.312 e. The standard InChI is InChI=1S/C28H36N2/c1-3-7-22(8-4-1)25(23-9-5-2-6-10-23)27-26(24-13-17-30(27)18-14-24)29-20-28-15-11-21(19-28)12-16-28/h1-10,21,24-27,29H,11-20H2. The fourth-order valence-corrected chi connectivity index (χ4v) is 7.59. The molecular weight excluding hydrogens is 364 g/mol. The summed E-state index contributed by atoms with van der Waals surface area (Å²) >= 11 is 0. The van der Waals surface area contributed by atoms with E-state index in [4.69, 9.17) is 0 Å². The average Bonchev–Trinajstić information content (AvgIpc) is 3.42. The van der Waals surface area contributed by atoms with Gasteiger partial charge in [-0.3, -0.25) is 4.90 Å². The van der Waals surface area contributed by atoms with E-state index in [1.54, 1.807) is 0 Å². The number of piperidine rings is 3. The minimum Gasteiger partial charge on any atom is -0.312 e. The molecule has 0 radical (unpaired) electrons. The zero-order valence-corrected chi connectivity index (χ0v) is 18.2. The van der Waals surface area contributed by atoms with E-state index in [0.717, 1.165) is 11.8 Å². The van der Waals surface area contributed by atoms with Gasteiger partial charge in [-0.2, -0.15) is 0 Å². The average molecular weight is 401 g/mol. The van der Waals surface area contributed by atoms with Gasteiger partial charge in [-0.15, -0.1) is 0 Å². The van der Waals surface area contributed by atoms with Crippen LogP contribution in [0.4, 0.5) is 0 Å². The van der Waals surface area contributed by atoms with Crippen LogP contribution in [0.25, 0.3) is 0 Å². The molecule has 2 aliphatic carbocycles. The Labute approximate surface area is 182 Å². The van der Waals surface area contributed by atoms with Gasteiger partial charge in [0.05, 0.1) is 0 Å². The zero-order chi connectivity index (χ0) is 20.0. The van der Waals surface area contributed by atoms with Crippen LogP contribution in [-0.2, 0) is 0 Å². The molecule has 3 aliphatic heterocycles. The van der Waals surface area contributed by atoms with Crippen molar-refractivity contribution < 1.29 is 0 Å². The summed E-state index contributed by atoms with van der Waals surface area (Å²) in [7, 11) is 0. The van der Waals surface area contributed by atoms with Crippen LogP contribution in [0.1, 0.15) is 62.0 Å². The van der Waals surface area contributed by atoms with Crippen LogP contribution in [-0.4, -0.2) is 36.6 Å². The van der Waals surface area contributed by atoms with Crippen molar-refractivity contribution in [2.75, 3.05) is 19.6 Å². The molecule has 2 heteroatoms. The lowest BCUT2D eigenvalue weighted by molar-refractivity contribution is 0.00119. The van der Waals surface area contributed by atoms with Crippen LogP contribution in [0.3, 0.4) is 0 Å². The molecule has 2 unspecified atom stereocenters. The molecule has 0 aromatic heterocycles. The Morgan fingerprint density at radius 1 is 0.833 bits per heavy atom. The quantitative estimate of drug-likeness (QED) is 0.693. The molecule has 0 spiro atoms. The minimum absolute atomic E-state index is 0.449. The Kier molecular flexibility index (Phi) is 4.96. The van der Waals surface area contributed by atoms with Crippen LogP contribution in [0, 0.1) is 17.3 Å². The molecule has 30 heavy (non-hydrogen) atoms. The lowest BCUT2D eigenvalue weighted by Crippen LogP contribution is -2.65. The summed E-state index contributed by atoms with van der Waals surface area (Å²) in [5, 5.41) is 4.24. The summed E-state index contributed by atoms with van der Waals surface area (Å²) in [6.07, 6.45) is 10.2. The van der Waals surface area contributed by atoms with E-state index in [0.29, 0.717) is 23.4 Å². The van der Waals surface area contributed by atoms with E-state index < -0.39 is 0 Å². The van der Waals surface area contributed by atoms with E-state index in [1.165, 1.54) is 75.7 Å². The Morgan fingerprint density at radius 3 is 1.97 bits per heavy atom. The summed E-state index contributed by atoms with van der Waals surface area (Å²) in [5.74, 6) is 2.32. The fraction of sp³-hybridized carbons (Fsp3) is 0.571.